The highest BCUT2D eigenvalue weighted by Crippen LogP contribution is 2.33. The molecule has 0 fully saturated rings. The third kappa shape index (κ3) is 5.69. The van der Waals surface area contributed by atoms with Gasteiger partial charge in [-0.3, -0.25) is 9.67 Å². The van der Waals surface area contributed by atoms with Crippen molar-refractivity contribution in [2.45, 2.75) is 17.7 Å². The van der Waals surface area contributed by atoms with Gasteiger partial charge >= 0.3 is 6.03 Å². The van der Waals surface area contributed by atoms with Crippen molar-refractivity contribution in [3.8, 4) is 11.1 Å². The van der Waals surface area contributed by atoms with Crippen LogP contribution in [0.1, 0.15) is 22.7 Å². The number of fused-ring (bicyclic) bond motifs is 1. The van der Waals surface area contributed by atoms with Crippen molar-refractivity contribution >= 4 is 27.0 Å². The van der Waals surface area contributed by atoms with Gasteiger partial charge in [0.05, 0.1) is 16.1 Å². The Hall–Kier alpha value is -4.64. The van der Waals surface area contributed by atoms with E-state index in [4.69, 9.17) is 0 Å². The molecule has 0 spiro atoms. The van der Waals surface area contributed by atoms with Gasteiger partial charge in [0.15, 0.2) is 0 Å². The molecule has 204 valence electrons. The van der Waals surface area contributed by atoms with Gasteiger partial charge in [0, 0.05) is 48.9 Å². The lowest BCUT2D eigenvalue weighted by Gasteiger charge is -2.21. The number of urea groups is 1. The minimum absolute atomic E-state index is 0.0363. The molecule has 0 radical (unpaired) electrons. The van der Waals surface area contributed by atoms with Crippen molar-refractivity contribution in [1.29, 1.82) is 0 Å². The number of nitrogens with zero attached hydrogens (tertiary/aromatic N) is 3. The standard InChI is InChI=1S/C29H25F2N5O3S/c1-18-6-3-4-8-27(18)40(38,39)35-29(37)33-16-25(21-12-22(30)15-23(31)13-21)28-24(7-5-11-32-28)19-9-10-20-17-36(2)34-26(20)14-19/h3-15,17,25H,16H2,1-2H3,(H2,33,35,37). The molecule has 0 saturated heterocycles. The van der Waals surface area contributed by atoms with Crippen molar-refractivity contribution < 1.29 is 22.0 Å². The smallest absolute Gasteiger partial charge is 0.328 e. The molecule has 0 saturated carbocycles. The minimum atomic E-state index is -4.16. The number of sulfonamides is 1. The fourth-order valence-electron chi connectivity index (χ4n) is 4.66. The molecule has 11 heteroatoms. The largest absolute Gasteiger partial charge is 0.336 e. The minimum Gasteiger partial charge on any atom is -0.336 e. The maximum Gasteiger partial charge on any atom is 0.328 e. The summed E-state index contributed by atoms with van der Waals surface area (Å²) in [7, 11) is -2.34. The summed E-state index contributed by atoms with van der Waals surface area (Å²) in [5.74, 6) is -2.41. The highest BCUT2D eigenvalue weighted by molar-refractivity contribution is 7.90. The number of aromatic nitrogens is 3. The van der Waals surface area contributed by atoms with E-state index in [1.54, 1.807) is 42.1 Å². The summed E-state index contributed by atoms with van der Waals surface area (Å²) < 4.78 is 57.9. The van der Waals surface area contributed by atoms with Crippen LogP contribution in [-0.4, -0.2) is 35.8 Å². The molecule has 40 heavy (non-hydrogen) atoms. The number of rotatable bonds is 7. The van der Waals surface area contributed by atoms with Crippen LogP contribution >= 0.6 is 0 Å². The summed E-state index contributed by atoms with van der Waals surface area (Å²) >= 11 is 0. The van der Waals surface area contributed by atoms with E-state index in [9.17, 15) is 22.0 Å². The summed E-state index contributed by atoms with van der Waals surface area (Å²) in [4.78, 5) is 17.3. The number of aryl methyl sites for hydroxylation is 2. The number of benzene rings is 3. The van der Waals surface area contributed by atoms with Crippen LogP contribution in [-0.2, 0) is 17.1 Å². The van der Waals surface area contributed by atoms with Gasteiger partial charge in [0.2, 0.25) is 0 Å². The summed E-state index contributed by atoms with van der Waals surface area (Å²) in [5.41, 5.74) is 3.31. The number of carbonyl (C=O) groups excluding carboxylic acids is 1. The van der Waals surface area contributed by atoms with E-state index in [0.717, 1.165) is 34.7 Å². The zero-order chi connectivity index (χ0) is 28.4. The molecule has 5 rings (SSSR count). The molecule has 5 aromatic rings. The van der Waals surface area contributed by atoms with Gasteiger partial charge in [0.1, 0.15) is 11.6 Å². The normalized spacial score (nSPS) is 12.3. The lowest BCUT2D eigenvalue weighted by atomic mass is 9.89. The number of hydrogen-bond donors (Lipinski definition) is 2. The van der Waals surface area contributed by atoms with E-state index >= 15 is 0 Å². The molecular formula is C29H25F2N5O3S. The third-order valence-electron chi connectivity index (χ3n) is 6.47. The average molecular weight is 562 g/mol. The molecular weight excluding hydrogens is 536 g/mol. The van der Waals surface area contributed by atoms with Crippen molar-refractivity contribution in [2.75, 3.05) is 6.54 Å². The Labute approximate surface area is 229 Å². The number of halogens is 2. The number of carbonyl (C=O) groups is 1. The van der Waals surface area contributed by atoms with Gasteiger partial charge < -0.3 is 5.32 Å². The first-order chi connectivity index (χ1) is 19.1. The van der Waals surface area contributed by atoms with Gasteiger partial charge in [-0.2, -0.15) is 5.10 Å². The second-order valence-corrected chi connectivity index (χ2v) is 11.0. The predicted octanol–water partition coefficient (Wildman–Crippen LogP) is 5.04. The first-order valence-electron chi connectivity index (χ1n) is 12.3. The van der Waals surface area contributed by atoms with Crippen LogP contribution in [0.25, 0.3) is 22.0 Å². The quantitative estimate of drug-likeness (QED) is 0.290. The maximum absolute atomic E-state index is 14.3. The highest BCUT2D eigenvalue weighted by atomic mass is 32.2. The van der Waals surface area contributed by atoms with Crippen molar-refractivity contribution in [2.24, 2.45) is 7.05 Å². The summed E-state index contributed by atoms with van der Waals surface area (Å²) in [6.07, 6.45) is 3.43. The molecule has 8 nitrogen and oxygen atoms in total. The Kier molecular flexibility index (Phi) is 7.31. The van der Waals surface area contributed by atoms with E-state index < -0.39 is 33.6 Å². The third-order valence-corrected chi connectivity index (χ3v) is 7.96. The zero-order valence-electron chi connectivity index (χ0n) is 21.6. The van der Waals surface area contributed by atoms with Crippen molar-refractivity contribution in [3.05, 3.63) is 114 Å². The van der Waals surface area contributed by atoms with Crippen LogP contribution in [0.4, 0.5) is 13.6 Å². The van der Waals surface area contributed by atoms with Gasteiger partial charge in [-0.05, 0) is 53.9 Å². The monoisotopic (exact) mass is 561 g/mol. The molecule has 0 aliphatic carbocycles. The van der Waals surface area contributed by atoms with E-state index in [0.29, 0.717) is 16.8 Å². The summed E-state index contributed by atoms with van der Waals surface area (Å²) in [6.45, 7) is 1.42. The van der Waals surface area contributed by atoms with Crippen LogP contribution in [0.3, 0.4) is 0 Å². The van der Waals surface area contributed by atoms with Gasteiger partial charge in [-0.25, -0.2) is 26.7 Å². The van der Waals surface area contributed by atoms with Crippen molar-refractivity contribution in [3.63, 3.8) is 0 Å². The first kappa shape index (κ1) is 26.9. The first-order valence-corrected chi connectivity index (χ1v) is 13.8. The Morgan fingerprint density at radius 3 is 2.50 bits per heavy atom. The zero-order valence-corrected chi connectivity index (χ0v) is 22.4. The molecule has 3 aromatic carbocycles. The van der Waals surface area contributed by atoms with E-state index in [1.807, 2.05) is 42.2 Å². The number of amides is 2. The Morgan fingerprint density at radius 2 is 1.75 bits per heavy atom. The van der Waals surface area contributed by atoms with Gasteiger partial charge in [0.25, 0.3) is 10.0 Å². The molecule has 0 bridgehead atoms. The predicted molar refractivity (Wildman–Crippen MR) is 147 cm³/mol. The Morgan fingerprint density at radius 1 is 1.00 bits per heavy atom. The Balaban J connectivity index is 1.49. The number of nitrogens with one attached hydrogen (secondary N) is 2. The SMILES string of the molecule is Cc1ccccc1S(=O)(=O)NC(=O)NCC(c1cc(F)cc(F)c1)c1ncccc1-c1ccc2cn(C)nc2c1. The van der Waals surface area contributed by atoms with E-state index in [1.165, 1.54) is 6.07 Å². The van der Waals surface area contributed by atoms with Crippen LogP contribution in [0.2, 0.25) is 0 Å². The summed E-state index contributed by atoms with van der Waals surface area (Å²) in [6, 6.07) is 17.6. The molecule has 2 heterocycles. The van der Waals surface area contributed by atoms with Crippen LogP contribution < -0.4 is 10.0 Å². The topological polar surface area (TPSA) is 106 Å². The second kappa shape index (κ2) is 10.9. The molecule has 2 N–H and O–H groups in total. The van der Waals surface area contributed by atoms with E-state index in [-0.39, 0.29) is 17.0 Å². The lowest BCUT2D eigenvalue weighted by Crippen LogP contribution is -2.41. The molecule has 0 aliphatic rings. The highest BCUT2D eigenvalue weighted by Gasteiger charge is 2.24. The molecule has 0 aliphatic heterocycles. The summed E-state index contributed by atoms with van der Waals surface area (Å²) in [5, 5.41) is 7.94. The molecule has 1 atom stereocenters. The lowest BCUT2D eigenvalue weighted by molar-refractivity contribution is 0.245. The fourth-order valence-corrected chi connectivity index (χ4v) is 5.84. The van der Waals surface area contributed by atoms with Crippen LogP contribution in [0.15, 0.2) is 90.1 Å². The number of hydrogen-bond acceptors (Lipinski definition) is 5. The van der Waals surface area contributed by atoms with Crippen LogP contribution in [0.5, 0.6) is 0 Å². The van der Waals surface area contributed by atoms with Crippen LogP contribution in [0, 0.1) is 18.6 Å². The number of pyridine rings is 1. The maximum atomic E-state index is 14.3. The molecule has 1 unspecified atom stereocenters. The second-order valence-electron chi connectivity index (χ2n) is 9.35. The van der Waals surface area contributed by atoms with Crippen molar-refractivity contribution in [1.82, 2.24) is 24.8 Å². The van der Waals surface area contributed by atoms with Gasteiger partial charge in [-0.1, -0.05) is 36.4 Å². The van der Waals surface area contributed by atoms with E-state index in [2.05, 4.69) is 15.4 Å². The molecule has 2 amide bonds. The van der Waals surface area contributed by atoms with Gasteiger partial charge in [-0.15, -0.1) is 0 Å². The molecule has 2 aromatic heterocycles. The average Bonchev–Trinajstić information content (AvgIpc) is 3.27. The fraction of sp³-hybridized carbons (Fsp3) is 0.138. The Bertz CT molecular complexity index is 1820.